The van der Waals surface area contributed by atoms with E-state index >= 15 is 0 Å². The largest absolute Gasteiger partial charge is 0.444 e. The van der Waals surface area contributed by atoms with Crippen LogP contribution < -0.4 is 5.90 Å². The quantitative estimate of drug-likeness (QED) is 0.757. The van der Waals surface area contributed by atoms with Crippen molar-refractivity contribution < 1.29 is 23.1 Å². The van der Waals surface area contributed by atoms with Gasteiger partial charge in [0.05, 0.1) is 19.2 Å². The molecule has 0 aromatic carbocycles. The van der Waals surface area contributed by atoms with Crippen molar-refractivity contribution in [1.29, 1.82) is 0 Å². The number of hydrogen-bond acceptors (Lipinski definition) is 4. The topological polar surface area (TPSA) is 64.8 Å². The Balaban J connectivity index is 2.70. The number of nitrogens with two attached hydrogens (primary N) is 1. The number of amides is 1. The van der Waals surface area contributed by atoms with Gasteiger partial charge in [-0.15, -0.1) is 0 Å². The Morgan fingerprint density at radius 2 is 2.12 bits per heavy atom. The average Bonchev–Trinajstić information content (AvgIpc) is 2.39. The first-order valence-electron chi connectivity index (χ1n) is 5.34. The van der Waals surface area contributed by atoms with Crippen molar-refractivity contribution in [3.8, 4) is 0 Å². The van der Waals surface area contributed by atoms with Crippen LogP contribution in [0.25, 0.3) is 0 Å². The second kappa shape index (κ2) is 4.73. The summed E-state index contributed by atoms with van der Waals surface area (Å²) < 4.78 is 31.5. The Hall–Kier alpha value is -0.950. The van der Waals surface area contributed by atoms with Gasteiger partial charge < -0.3 is 9.57 Å². The summed E-state index contributed by atoms with van der Waals surface area (Å²) in [5.74, 6) is 1.95. The summed E-state index contributed by atoms with van der Waals surface area (Å²) in [4.78, 5) is 17.0. The van der Waals surface area contributed by atoms with E-state index in [4.69, 9.17) is 10.6 Å². The summed E-state index contributed by atoms with van der Waals surface area (Å²) in [7, 11) is 0. The number of carbonyl (C=O) groups excluding carboxylic acids is 1. The van der Waals surface area contributed by atoms with E-state index in [1.807, 2.05) is 0 Å². The predicted molar refractivity (Wildman–Crippen MR) is 56.4 cm³/mol. The van der Waals surface area contributed by atoms with Crippen molar-refractivity contribution in [2.45, 2.75) is 44.8 Å². The fourth-order valence-corrected chi connectivity index (χ4v) is 1.69. The Bertz CT molecular complexity index is 292. The van der Waals surface area contributed by atoms with Gasteiger partial charge in [-0.3, -0.25) is 4.90 Å². The van der Waals surface area contributed by atoms with Crippen molar-refractivity contribution >= 4 is 6.09 Å². The van der Waals surface area contributed by atoms with Crippen LogP contribution in [0.5, 0.6) is 0 Å². The predicted octanol–water partition coefficient (Wildman–Crippen LogP) is 1.52. The van der Waals surface area contributed by atoms with E-state index in [-0.39, 0.29) is 6.61 Å². The lowest BCUT2D eigenvalue weighted by atomic mass is 10.2. The van der Waals surface area contributed by atoms with Crippen LogP contribution in [-0.2, 0) is 9.57 Å². The van der Waals surface area contributed by atoms with Crippen molar-refractivity contribution in [2.75, 3.05) is 13.2 Å². The molecule has 1 aliphatic rings. The highest BCUT2D eigenvalue weighted by atomic mass is 19.3. The Labute approximate surface area is 98.8 Å². The van der Waals surface area contributed by atoms with Crippen molar-refractivity contribution in [3.05, 3.63) is 0 Å². The van der Waals surface area contributed by atoms with Gasteiger partial charge in [-0.1, -0.05) is 0 Å². The van der Waals surface area contributed by atoms with Crippen LogP contribution in [0, 0.1) is 0 Å². The molecule has 0 aliphatic carbocycles. The van der Waals surface area contributed by atoms with Crippen LogP contribution in [-0.4, -0.2) is 41.7 Å². The maximum atomic E-state index is 13.2. The van der Waals surface area contributed by atoms with Crippen LogP contribution in [0.1, 0.15) is 27.2 Å². The molecule has 0 aromatic rings. The number of alkyl halides is 2. The van der Waals surface area contributed by atoms with E-state index in [9.17, 15) is 13.6 Å². The lowest BCUT2D eigenvalue weighted by Gasteiger charge is -2.27. The summed E-state index contributed by atoms with van der Waals surface area (Å²) in [6.45, 7) is 4.24. The summed E-state index contributed by atoms with van der Waals surface area (Å²) >= 11 is 0. The molecule has 2 N–H and O–H groups in total. The molecule has 1 amide bonds. The Morgan fingerprint density at radius 1 is 1.53 bits per heavy atom. The van der Waals surface area contributed by atoms with Crippen LogP contribution >= 0.6 is 0 Å². The molecule has 0 radical (unpaired) electrons. The minimum Gasteiger partial charge on any atom is -0.444 e. The molecular weight excluding hydrogens is 234 g/mol. The lowest BCUT2D eigenvalue weighted by Crippen LogP contribution is -2.42. The van der Waals surface area contributed by atoms with Crippen molar-refractivity contribution in [2.24, 2.45) is 5.90 Å². The lowest BCUT2D eigenvalue weighted by molar-refractivity contribution is -0.00364. The summed E-state index contributed by atoms with van der Waals surface area (Å²) in [5, 5.41) is 0. The van der Waals surface area contributed by atoms with Gasteiger partial charge in [0.15, 0.2) is 0 Å². The van der Waals surface area contributed by atoms with Gasteiger partial charge in [-0.25, -0.2) is 19.5 Å². The zero-order chi connectivity index (χ0) is 13.3. The second-order valence-corrected chi connectivity index (χ2v) is 5.16. The van der Waals surface area contributed by atoms with Gasteiger partial charge in [0.2, 0.25) is 0 Å². The minimum absolute atomic E-state index is 0.130. The summed E-state index contributed by atoms with van der Waals surface area (Å²) in [6, 6.07) is -0.746. The van der Waals surface area contributed by atoms with E-state index in [0.29, 0.717) is 0 Å². The van der Waals surface area contributed by atoms with Crippen LogP contribution in [0.2, 0.25) is 0 Å². The Morgan fingerprint density at radius 3 is 2.59 bits per heavy atom. The highest BCUT2D eigenvalue weighted by Crippen LogP contribution is 2.33. The van der Waals surface area contributed by atoms with Crippen LogP contribution in [0.4, 0.5) is 13.6 Å². The van der Waals surface area contributed by atoms with Crippen LogP contribution in [0.15, 0.2) is 0 Å². The molecule has 7 heteroatoms. The minimum atomic E-state index is -2.92. The molecule has 1 heterocycles. The van der Waals surface area contributed by atoms with Crippen molar-refractivity contribution in [3.63, 3.8) is 0 Å². The molecular formula is C10H18F2N2O3. The molecule has 0 bridgehead atoms. The molecule has 0 spiro atoms. The number of carbonyl (C=O) groups is 1. The third kappa shape index (κ3) is 4.08. The first kappa shape index (κ1) is 14.1. The summed E-state index contributed by atoms with van der Waals surface area (Å²) in [5.41, 5.74) is -0.719. The number of halogens is 2. The smallest absolute Gasteiger partial charge is 0.410 e. The van der Waals surface area contributed by atoms with E-state index < -0.39 is 36.6 Å². The molecule has 1 fully saturated rings. The zero-order valence-electron chi connectivity index (χ0n) is 10.2. The molecule has 1 saturated heterocycles. The maximum Gasteiger partial charge on any atom is 0.410 e. The summed E-state index contributed by atoms with van der Waals surface area (Å²) in [6.07, 6.45) is -1.22. The van der Waals surface area contributed by atoms with Gasteiger partial charge in [-0.2, -0.15) is 0 Å². The molecule has 1 atom stereocenters. The molecule has 5 nitrogen and oxygen atoms in total. The van der Waals surface area contributed by atoms with Gasteiger partial charge in [0, 0.05) is 6.42 Å². The number of hydrogen-bond donors (Lipinski definition) is 1. The zero-order valence-corrected chi connectivity index (χ0v) is 10.2. The molecule has 1 aliphatic heterocycles. The highest BCUT2D eigenvalue weighted by Gasteiger charge is 2.48. The molecule has 1 rings (SSSR count). The molecule has 0 saturated carbocycles. The number of ether oxygens (including phenoxy) is 1. The average molecular weight is 252 g/mol. The maximum absolute atomic E-state index is 13.2. The second-order valence-electron chi connectivity index (χ2n) is 5.16. The first-order chi connectivity index (χ1) is 7.64. The SMILES string of the molecule is CC(C)(C)OC(=O)N1CC(F)(F)C[C@H]1CON. The fraction of sp³-hybridized carbons (Fsp3) is 0.900. The third-order valence-corrected chi connectivity index (χ3v) is 2.29. The highest BCUT2D eigenvalue weighted by molar-refractivity contribution is 5.69. The van der Waals surface area contributed by atoms with Crippen molar-refractivity contribution in [1.82, 2.24) is 4.90 Å². The molecule has 0 aromatic heterocycles. The standard InChI is InChI=1S/C10H18F2N2O3/c1-9(2,3)17-8(15)14-6-10(11,12)4-7(14)5-16-13/h7H,4-6,13H2,1-3H3/t7-/m0/s1. The van der Waals surface area contributed by atoms with E-state index in [0.717, 1.165) is 4.90 Å². The fourth-order valence-electron chi connectivity index (χ4n) is 1.69. The number of nitrogens with zero attached hydrogens (tertiary/aromatic N) is 1. The first-order valence-corrected chi connectivity index (χ1v) is 5.34. The van der Waals surface area contributed by atoms with E-state index in [1.165, 1.54) is 0 Å². The molecule has 17 heavy (non-hydrogen) atoms. The van der Waals surface area contributed by atoms with E-state index in [1.54, 1.807) is 20.8 Å². The third-order valence-electron chi connectivity index (χ3n) is 2.29. The van der Waals surface area contributed by atoms with Gasteiger partial charge in [0.25, 0.3) is 5.92 Å². The normalized spacial score (nSPS) is 23.9. The van der Waals surface area contributed by atoms with Gasteiger partial charge >= 0.3 is 6.09 Å². The van der Waals surface area contributed by atoms with Gasteiger partial charge in [-0.05, 0) is 20.8 Å². The van der Waals surface area contributed by atoms with Crippen LogP contribution in [0.3, 0.4) is 0 Å². The Kier molecular flexibility index (Phi) is 3.93. The monoisotopic (exact) mass is 252 g/mol. The van der Waals surface area contributed by atoms with E-state index in [2.05, 4.69) is 4.84 Å². The molecule has 100 valence electrons. The van der Waals surface area contributed by atoms with Gasteiger partial charge in [0.1, 0.15) is 5.60 Å². The number of likely N-dealkylation sites (tertiary alicyclic amines) is 1. The number of rotatable bonds is 2. The molecule has 0 unspecified atom stereocenters.